The first-order valence-electron chi connectivity index (χ1n) is 7.80. The molecule has 3 heteroatoms. The molecule has 1 N–H and O–H groups in total. The summed E-state index contributed by atoms with van der Waals surface area (Å²) in [6, 6.07) is 0.644. The Kier molecular flexibility index (Phi) is 3.35. The number of hydrogen-bond donors (Lipinski definition) is 1. The lowest BCUT2D eigenvalue weighted by atomic mass is 10.0. The molecular weight excluding hydrogens is 224 g/mol. The van der Waals surface area contributed by atoms with Crippen molar-refractivity contribution in [1.29, 1.82) is 0 Å². The third-order valence-electron chi connectivity index (χ3n) is 5.07. The number of rotatable bonds is 4. The van der Waals surface area contributed by atoms with E-state index in [4.69, 9.17) is 0 Å². The van der Waals surface area contributed by atoms with E-state index in [9.17, 15) is 4.79 Å². The Hall–Kier alpha value is -0.570. The smallest absolute Gasteiger partial charge is 0.241 e. The lowest BCUT2D eigenvalue weighted by Gasteiger charge is -2.29. The summed E-state index contributed by atoms with van der Waals surface area (Å²) in [6.07, 6.45) is 8.98. The third kappa shape index (κ3) is 2.07. The van der Waals surface area contributed by atoms with Crippen molar-refractivity contribution in [1.82, 2.24) is 10.2 Å². The van der Waals surface area contributed by atoms with Crippen LogP contribution in [0.3, 0.4) is 0 Å². The van der Waals surface area contributed by atoms with Crippen molar-refractivity contribution < 1.29 is 4.79 Å². The van der Waals surface area contributed by atoms with Crippen LogP contribution in [-0.2, 0) is 4.79 Å². The predicted molar refractivity (Wildman–Crippen MR) is 72.0 cm³/mol. The Morgan fingerprint density at radius 2 is 2.00 bits per heavy atom. The van der Waals surface area contributed by atoms with Crippen molar-refractivity contribution in [3.05, 3.63) is 0 Å². The minimum absolute atomic E-state index is 0.105. The molecule has 1 heterocycles. The van der Waals surface area contributed by atoms with Crippen LogP contribution in [0.15, 0.2) is 0 Å². The number of nitrogens with one attached hydrogen (secondary N) is 1. The summed E-state index contributed by atoms with van der Waals surface area (Å²) >= 11 is 0. The van der Waals surface area contributed by atoms with Crippen LogP contribution < -0.4 is 5.32 Å². The van der Waals surface area contributed by atoms with Gasteiger partial charge in [-0.05, 0) is 37.5 Å². The third-order valence-corrected chi connectivity index (χ3v) is 5.07. The van der Waals surface area contributed by atoms with Gasteiger partial charge in [0.1, 0.15) is 0 Å². The van der Waals surface area contributed by atoms with Gasteiger partial charge in [-0.2, -0.15) is 0 Å². The van der Waals surface area contributed by atoms with E-state index in [1.807, 2.05) is 0 Å². The maximum atomic E-state index is 12.6. The highest BCUT2D eigenvalue weighted by molar-refractivity contribution is 5.85. The first-order valence-corrected chi connectivity index (χ1v) is 7.80. The first kappa shape index (κ1) is 12.5. The lowest BCUT2D eigenvalue weighted by molar-refractivity contribution is -0.131. The maximum absolute atomic E-state index is 12.6. The number of hydrogen-bond acceptors (Lipinski definition) is 2. The normalized spacial score (nSPS) is 40.8. The number of carbonyl (C=O) groups excluding carboxylic acids is 1. The van der Waals surface area contributed by atoms with Gasteiger partial charge in [-0.25, -0.2) is 0 Å². The van der Waals surface area contributed by atoms with Gasteiger partial charge in [-0.3, -0.25) is 10.1 Å². The van der Waals surface area contributed by atoms with Crippen LogP contribution in [-0.4, -0.2) is 29.1 Å². The fraction of sp³-hybridized carbons (Fsp3) is 0.933. The molecule has 1 saturated heterocycles. The van der Waals surface area contributed by atoms with E-state index in [1.54, 1.807) is 0 Å². The molecule has 3 aliphatic rings. The Morgan fingerprint density at radius 3 is 2.56 bits per heavy atom. The van der Waals surface area contributed by atoms with Gasteiger partial charge in [0, 0.05) is 6.04 Å². The molecule has 3 rings (SSSR count). The van der Waals surface area contributed by atoms with Gasteiger partial charge in [0.15, 0.2) is 0 Å². The first-order chi connectivity index (χ1) is 8.72. The minimum Gasteiger partial charge on any atom is -0.322 e. The summed E-state index contributed by atoms with van der Waals surface area (Å²) in [5, 5.41) is 3.65. The quantitative estimate of drug-likeness (QED) is 0.831. The van der Waals surface area contributed by atoms with Crippen molar-refractivity contribution in [3.8, 4) is 0 Å². The van der Waals surface area contributed by atoms with E-state index in [1.165, 1.54) is 32.1 Å². The van der Waals surface area contributed by atoms with Crippen LogP contribution >= 0.6 is 0 Å². The molecule has 102 valence electrons. The van der Waals surface area contributed by atoms with Gasteiger partial charge < -0.3 is 4.90 Å². The molecule has 2 saturated carbocycles. The van der Waals surface area contributed by atoms with Crippen molar-refractivity contribution in [2.24, 2.45) is 11.8 Å². The minimum atomic E-state index is 0.105. The standard InChI is InChI=1S/C15H26N2O/c1-3-6-12-15(18)17(13-9-10(13)2)14(16-12)11-7-4-5-8-11/h10-14,16H,3-9H2,1-2H3. The number of amides is 1. The zero-order chi connectivity index (χ0) is 12.7. The van der Waals surface area contributed by atoms with E-state index >= 15 is 0 Å². The fourth-order valence-electron chi connectivity index (χ4n) is 3.87. The fourth-order valence-corrected chi connectivity index (χ4v) is 3.87. The topological polar surface area (TPSA) is 32.3 Å². The van der Waals surface area contributed by atoms with Crippen molar-refractivity contribution in [3.63, 3.8) is 0 Å². The second kappa shape index (κ2) is 4.84. The van der Waals surface area contributed by atoms with Crippen molar-refractivity contribution in [2.75, 3.05) is 0 Å². The molecule has 0 radical (unpaired) electrons. The summed E-state index contributed by atoms with van der Waals surface area (Å²) < 4.78 is 0. The van der Waals surface area contributed by atoms with Crippen molar-refractivity contribution in [2.45, 2.75) is 77.0 Å². The monoisotopic (exact) mass is 250 g/mol. The van der Waals surface area contributed by atoms with Crippen LogP contribution in [0.2, 0.25) is 0 Å². The molecule has 0 spiro atoms. The Labute approximate surface area is 110 Å². The highest BCUT2D eigenvalue weighted by atomic mass is 16.2. The van der Waals surface area contributed by atoms with Gasteiger partial charge in [-0.15, -0.1) is 0 Å². The number of carbonyl (C=O) groups is 1. The lowest BCUT2D eigenvalue weighted by Crippen LogP contribution is -2.44. The predicted octanol–water partition coefficient (Wildman–Crippen LogP) is 2.51. The molecule has 3 fully saturated rings. The molecule has 3 nitrogen and oxygen atoms in total. The summed E-state index contributed by atoms with van der Waals surface area (Å²) in [5.74, 6) is 1.83. The zero-order valence-electron chi connectivity index (χ0n) is 11.7. The Morgan fingerprint density at radius 1 is 1.33 bits per heavy atom. The van der Waals surface area contributed by atoms with Crippen molar-refractivity contribution >= 4 is 5.91 Å². The van der Waals surface area contributed by atoms with Crippen LogP contribution in [0.4, 0.5) is 0 Å². The van der Waals surface area contributed by atoms with Gasteiger partial charge in [0.2, 0.25) is 5.91 Å². The molecule has 1 amide bonds. The molecule has 0 aromatic rings. The van der Waals surface area contributed by atoms with E-state index in [0.717, 1.165) is 18.8 Å². The molecule has 0 aromatic carbocycles. The molecule has 18 heavy (non-hydrogen) atoms. The second-order valence-electron chi connectivity index (χ2n) is 6.52. The van der Waals surface area contributed by atoms with Crippen LogP contribution in [0.1, 0.15) is 58.8 Å². The van der Waals surface area contributed by atoms with E-state index < -0.39 is 0 Å². The van der Waals surface area contributed by atoms with E-state index in [-0.39, 0.29) is 6.04 Å². The van der Waals surface area contributed by atoms with Gasteiger partial charge in [-0.1, -0.05) is 33.1 Å². The summed E-state index contributed by atoms with van der Waals surface area (Å²) in [4.78, 5) is 14.8. The van der Waals surface area contributed by atoms with Crippen LogP contribution in [0, 0.1) is 11.8 Å². The molecule has 0 bridgehead atoms. The molecule has 4 unspecified atom stereocenters. The van der Waals surface area contributed by atoms with E-state index in [0.29, 0.717) is 24.0 Å². The Bertz CT molecular complexity index is 324. The van der Waals surface area contributed by atoms with Crippen LogP contribution in [0.5, 0.6) is 0 Å². The maximum Gasteiger partial charge on any atom is 0.241 e. The second-order valence-corrected chi connectivity index (χ2v) is 6.52. The number of nitrogens with zero attached hydrogens (tertiary/aromatic N) is 1. The average molecular weight is 250 g/mol. The highest BCUT2D eigenvalue weighted by Crippen LogP contribution is 2.42. The van der Waals surface area contributed by atoms with Gasteiger partial charge >= 0.3 is 0 Å². The molecule has 4 atom stereocenters. The molecule has 0 aromatic heterocycles. The SMILES string of the molecule is CCCC1NC(C2CCCC2)N(C2CC2C)C1=O. The van der Waals surface area contributed by atoms with Crippen LogP contribution in [0.25, 0.3) is 0 Å². The van der Waals surface area contributed by atoms with E-state index in [2.05, 4.69) is 24.1 Å². The molecule has 2 aliphatic carbocycles. The summed E-state index contributed by atoms with van der Waals surface area (Å²) in [5.41, 5.74) is 0. The summed E-state index contributed by atoms with van der Waals surface area (Å²) in [6.45, 7) is 4.44. The zero-order valence-corrected chi connectivity index (χ0v) is 11.7. The van der Waals surface area contributed by atoms with Gasteiger partial charge in [0.05, 0.1) is 12.2 Å². The Balaban J connectivity index is 1.75. The van der Waals surface area contributed by atoms with Gasteiger partial charge in [0.25, 0.3) is 0 Å². The largest absolute Gasteiger partial charge is 0.322 e. The molecular formula is C15H26N2O. The average Bonchev–Trinajstić information content (AvgIpc) is 2.82. The molecule has 1 aliphatic heterocycles. The summed E-state index contributed by atoms with van der Waals surface area (Å²) in [7, 11) is 0. The highest BCUT2D eigenvalue weighted by Gasteiger charge is 2.51.